The quantitative estimate of drug-likeness (QED) is 0.491. The number of nitrogens with one attached hydrogen (secondary N) is 1. The molecule has 2 aliphatic rings. The van der Waals surface area contributed by atoms with E-state index in [0.717, 1.165) is 17.1 Å². The highest BCUT2D eigenvalue weighted by Crippen LogP contribution is 2.37. The minimum Gasteiger partial charge on any atom is -0.476 e. The van der Waals surface area contributed by atoms with Crippen molar-refractivity contribution < 1.29 is 26.4 Å². The molecule has 1 N–H and O–H groups in total. The number of hydrogen-bond acceptors (Lipinski definition) is 6. The van der Waals surface area contributed by atoms with Gasteiger partial charge < -0.3 is 10.1 Å². The molecule has 1 saturated heterocycles. The van der Waals surface area contributed by atoms with Crippen LogP contribution in [-0.2, 0) is 24.8 Å². The number of para-hydroxylation sites is 2. The molecule has 0 spiro atoms. The Bertz CT molecular complexity index is 1520. The third kappa shape index (κ3) is 5.04. The van der Waals surface area contributed by atoms with Crippen molar-refractivity contribution in [2.75, 3.05) is 29.3 Å². The number of halogens is 1. The first-order valence-corrected chi connectivity index (χ1v) is 14.9. The van der Waals surface area contributed by atoms with Gasteiger partial charge in [-0.1, -0.05) is 23.7 Å². The van der Waals surface area contributed by atoms with E-state index < -0.39 is 32.1 Å². The van der Waals surface area contributed by atoms with Gasteiger partial charge in [0, 0.05) is 23.8 Å². The van der Waals surface area contributed by atoms with E-state index in [0.29, 0.717) is 29.5 Å². The van der Waals surface area contributed by atoms with Crippen molar-refractivity contribution in [3.63, 3.8) is 0 Å². The van der Waals surface area contributed by atoms with E-state index in [-0.39, 0.29) is 22.1 Å². The Morgan fingerprint density at radius 3 is 2.11 bits per heavy atom. The summed E-state index contributed by atoms with van der Waals surface area (Å²) in [4.78, 5) is 13.3. The highest BCUT2D eigenvalue weighted by Gasteiger charge is 2.37. The normalized spacial score (nSPS) is 18.2. The van der Waals surface area contributed by atoms with Crippen LogP contribution in [0.25, 0.3) is 0 Å². The molecule has 1 amide bonds. The smallest absolute Gasteiger partial charge is 0.267 e. The number of rotatable bonds is 6. The van der Waals surface area contributed by atoms with Crippen molar-refractivity contribution in [2.45, 2.75) is 28.7 Å². The van der Waals surface area contributed by atoms with E-state index in [1.54, 1.807) is 24.3 Å². The van der Waals surface area contributed by atoms with Gasteiger partial charge in [-0.2, -0.15) is 4.31 Å². The van der Waals surface area contributed by atoms with Crippen molar-refractivity contribution >= 4 is 48.9 Å². The summed E-state index contributed by atoms with van der Waals surface area (Å²) >= 11 is 5.92. The van der Waals surface area contributed by atoms with Crippen LogP contribution in [0.15, 0.2) is 82.6 Å². The van der Waals surface area contributed by atoms with Gasteiger partial charge in [0.1, 0.15) is 5.75 Å². The van der Waals surface area contributed by atoms with E-state index in [9.17, 15) is 21.6 Å². The number of sulfonamides is 2. The lowest BCUT2D eigenvalue weighted by Gasteiger charge is -2.34. The molecule has 3 aromatic carbocycles. The van der Waals surface area contributed by atoms with Crippen molar-refractivity contribution in [3.05, 3.63) is 77.8 Å². The number of benzene rings is 3. The van der Waals surface area contributed by atoms with Gasteiger partial charge >= 0.3 is 0 Å². The van der Waals surface area contributed by atoms with Crippen LogP contribution in [0.5, 0.6) is 5.75 Å². The fourth-order valence-corrected chi connectivity index (χ4v) is 7.43. The average molecular weight is 562 g/mol. The second-order valence-corrected chi connectivity index (χ2v) is 12.9. The van der Waals surface area contributed by atoms with Crippen molar-refractivity contribution in [1.82, 2.24) is 4.31 Å². The predicted molar refractivity (Wildman–Crippen MR) is 140 cm³/mol. The lowest BCUT2D eigenvalue weighted by atomic mass is 10.2. The summed E-state index contributed by atoms with van der Waals surface area (Å²) in [6.45, 7) is 0.739. The SMILES string of the molecule is O=C(Nc1ccc(S(=O)(=O)N2CCCC2)cc1)[C@H]1CN(S(=O)(=O)c2ccc(Cl)cc2)c2ccccc2O1. The maximum absolute atomic E-state index is 13.5. The molecular formula is C25H24ClN3O6S2. The Morgan fingerprint density at radius 2 is 1.43 bits per heavy atom. The zero-order chi connectivity index (χ0) is 26.2. The number of anilines is 2. The maximum Gasteiger partial charge on any atom is 0.267 e. The van der Waals surface area contributed by atoms with Crippen LogP contribution in [0, 0.1) is 0 Å². The number of ether oxygens (including phenoxy) is 1. The second kappa shape index (κ2) is 9.97. The molecule has 2 heterocycles. The Kier molecular flexibility index (Phi) is 6.88. The monoisotopic (exact) mass is 561 g/mol. The lowest BCUT2D eigenvalue weighted by Crippen LogP contribution is -2.48. The van der Waals surface area contributed by atoms with Crippen molar-refractivity contribution in [2.24, 2.45) is 0 Å². The first-order chi connectivity index (χ1) is 17.7. The van der Waals surface area contributed by atoms with E-state index in [1.165, 1.54) is 52.8 Å². The third-order valence-electron chi connectivity index (χ3n) is 6.25. The summed E-state index contributed by atoms with van der Waals surface area (Å²) in [5, 5.41) is 3.10. The minimum atomic E-state index is -4.02. The number of carbonyl (C=O) groups is 1. The standard InChI is InChI=1S/C25H24ClN3O6S2/c26-18-7-11-21(12-8-18)37(33,34)29-17-24(35-23-6-2-1-5-22(23)29)25(30)27-19-9-13-20(14-10-19)36(31,32)28-15-3-4-16-28/h1-2,5-14,24H,3-4,15-17H2,(H,27,30)/t24-/m1/s1. The molecule has 0 unspecified atom stereocenters. The van der Waals surface area contributed by atoms with E-state index in [4.69, 9.17) is 16.3 Å². The Morgan fingerprint density at radius 1 is 0.838 bits per heavy atom. The minimum absolute atomic E-state index is 0.0301. The zero-order valence-electron chi connectivity index (χ0n) is 19.6. The highest BCUT2D eigenvalue weighted by atomic mass is 35.5. The molecule has 0 bridgehead atoms. The van der Waals surface area contributed by atoms with Gasteiger partial charge in [-0.05, 0) is 73.5 Å². The van der Waals surface area contributed by atoms with Gasteiger partial charge in [-0.15, -0.1) is 0 Å². The molecule has 37 heavy (non-hydrogen) atoms. The van der Waals surface area contributed by atoms with Crippen LogP contribution in [0.4, 0.5) is 11.4 Å². The van der Waals surface area contributed by atoms with Gasteiger partial charge in [-0.3, -0.25) is 9.10 Å². The van der Waals surface area contributed by atoms with Crippen LogP contribution in [0.3, 0.4) is 0 Å². The Labute approximate surface area is 220 Å². The fourth-order valence-electron chi connectivity index (χ4n) is 4.31. The molecule has 1 fully saturated rings. The fraction of sp³-hybridized carbons (Fsp3) is 0.240. The Hall–Kier alpha value is -3.12. The lowest BCUT2D eigenvalue weighted by molar-refractivity contribution is -0.122. The molecule has 0 saturated carbocycles. The number of carbonyl (C=O) groups excluding carboxylic acids is 1. The molecule has 2 aliphatic heterocycles. The molecular weight excluding hydrogens is 538 g/mol. The summed E-state index contributed by atoms with van der Waals surface area (Å²) in [6.07, 6.45) is 0.524. The van der Waals surface area contributed by atoms with Gasteiger partial charge in [0.15, 0.2) is 6.10 Å². The molecule has 9 nitrogen and oxygen atoms in total. The largest absolute Gasteiger partial charge is 0.476 e. The summed E-state index contributed by atoms with van der Waals surface area (Å²) < 4.78 is 60.9. The molecule has 3 aromatic rings. The first kappa shape index (κ1) is 25.5. The summed E-state index contributed by atoms with van der Waals surface area (Å²) in [7, 11) is -7.59. The molecule has 5 rings (SSSR count). The molecule has 0 aliphatic carbocycles. The van der Waals surface area contributed by atoms with Gasteiger partial charge in [0.05, 0.1) is 22.0 Å². The van der Waals surface area contributed by atoms with Crippen LogP contribution in [-0.4, -0.2) is 52.8 Å². The van der Waals surface area contributed by atoms with E-state index in [1.807, 2.05) is 0 Å². The molecule has 0 aromatic heterocycles. The molecule has 194 valence electrons. The van der Waals surface area contributed by atoms with Crippen LogP contribution >= 0.6 is 11.6 Å². The van der Waals surface area contributed by atoms with Crippen LogP contribution in [0.2, 0.25) is 5.02 Å². The van der Waals surface area contributed by atoms with E-state index in [2.05, 4.69) is 5.32 Å². The zero-order valence-corrected chi connectivity index (χ0v) is 22.0. The highest BCUT2D eigenvalue weighted by molar-refractivity contribution is 7.92. The molecule has 0 radical (unpaired) electrons. The molecule has 12 heteroatoms. The second-order valence-electron chi connectivity index (χ2n) is 8.69. The predicted octanol–water partition coefficient (Wildman–Crippen LogP) is 3.72. The van der Waals surface area contributed by atoms with Crippen molar-refractivity contribution in [1.29, 1.82) is 0 Å². The van der Waals surface area contributed by atoms with Gasteiger partial charge in [0.2, 0.25) is 10.0 Å². The van der Waals surface area contributed by atoms with Crippen molar-refractivity contribution in [3.8, 4) is 5.75 Å². The number of hydrogen-bond donors (Lipinski definition) is 1. The van der Waals surface area contributed by atoms with Gasteiger partial charge in [-0.25, -0.2) is 16.8 Å². The Balaban J connectivity index is 1.36. The summed E-state index contributed by atoms with van der Waals surface area (Å²) in [6, 6.07) is 18.2. The number of fused-ring (bicyclic) bond motifs is 1. The summed E-state index contributed by atoms with van der Waals surface area (Å²) in [5.74, 6) is -0.320. The van der Waals surface area contributed by atoms with Crippen LogP contribution in [0.1, 0.15) is 12.8 Å². The average Bonchev–Trinajstić information content (AvgIpc) is 3.45. The van der Waals surface area contributed by atoms with Crippen LogP contribution < -0.4 is 14.4 Å². The number of nitrogens with zero attached hydrogens (tertiary/aromatic N) is 2. The maximum atomic E-state index is 13.5. The summed E-state index contributed by atoms with van der Waals surface area (Å²) in [5.41, 5.74) is 0.679. The first-order valence-electron chi connectivity index (χ1n) is 11.6. The van der Waals surface area contributed by atoms with Gasteiger partial charge in [0.25, 0.3) is 15.9 Å². The third-order valence-corrected chi connectivity index (χ3v) is 10.2. The molecule has 1 atom stereocenters. The number of amides is 1. The topological polar surface area (TPSA) is 113 Å². The van der Waals surface area contributed by atoms with E-state index >= 15 is 0 Å².